The van der Waals surface area contributed by atoms with Crippen LogP contribution in [0.2, 0.25) is 5.15 Å². The zero-order chi connectivity index (χ0) is 15.5. The molecule has 0 N–H and O–H groups in total. The largest absolute Gasteiger partial charge is 0.439 e. The van der Waals surface area contributed by atoms with Gasteiger partial charge in [0.1, 0.15) is 16.7 Å². The highest BCUT2D eigenvalue weighted by atomic mass is 35.5. The van der Waals surface area contributed by atoms with Gasteiger partial charge < -0.3 is 4.74 Å². The van der Waals surface area contributed by atoms with E-state index >= 15 is 0 Å². The number of benzene rings is 1. The highest BCUT2D eigenvalue weighted by molar-refractivity contribution is 6.29. The maximum absolute atomic E-state index is 6.01. The third-order valence-corrected chi connectivity index (χ3v) is 3.33. The molecule has 1 aromatic heterocycles. The molecule has 0 fully saturated rings. The van der Waals surface area contributed by atoms with E-state index < -0.39 is 0 Å². The fraction of sp³-hybridized carbons (Fsp3) is 0.412. The highest BCUT2D eigenvalue weighted by Gasteiger charge is 2.13. The SMILES string of the molecule is CCCc1nc(Cl)cc(Oc2ccc(C(C)(C)C)cc2)n1. The molecule has 0 unspecified atom stereocenters. The Hall–Kier alpha value is -1.61. The normalized spacial score (nSPS) is 11.5. The van der Waals surface area contributed by atoms with Gasteiger partial charge in [0.05, 0.1) is 0 Å². The maximum Gasteiger partial charge on any atom is 0.224 e. The number of aromatic nitrogens is 2. The van der Waals surface area contributed by atoms with Crippen LogP contribution in [0.1, 0.15) is 45.5 Å². The monoisotopic (exact) mass is 304 g/mol. The van der Waals surface area contributed by atoms with Crippen LogP contribution in [0.25, 0.3) is 0 Å². The summed E-state index contributed by atoms with van der Waals surface area (Å²) >= 11 is 6.01. The van der Waals surface area contributed by atoms with Crippen LogP contribution in [0, 0.1) is 0 Å². The van der Waals surface area contributed by atoms with Gasteiger partial charge in [-0.3, -0.25) is 0 Å². The Morgan fingerprint density at radius 2 is 1.76 bits per heavy atom. The average Bonchev–Trinajstić information content (AvgIpc) is 2.38. The lowest BCUT2D eigenvalue weighted by Crippen LogP contribution is -2.10. The van der Waals surface area contributed by atoms with Crippen LogP contribution in [0.15, 0.2) is 30.3 Å². The molecule has 1 aromatic carbocycles. The van der Waals surface area contributed by atoms with Crippen molar-refractivity contribution >= 4 is 11.6 Å². The van der Waals surface area contributed by atoms with E-state index in [2.05, 4.69) is 49.8 Å². The molecule has 112 valence electrons. The summed E-state index contributed by atoms with van der Waals surface area (Å²) in [5, 5.41) is 0.412. The predicted octanol–water partition coefficient (Wildman–Crippen LogP) is 5.17. The predicted molar refractivity (Wildman–Crippen MR) is 86.3 cm³/mol. The smallest absolute Gasteiger partial charge is 0.224 e. The molecular formula is C17H21ClN2O. The van der Waals surface area contributed by atoms with Gasteiger partial charge in [-0.2, -0.15) is 4.98 Å². The van der Waals surface area contributed by atoms with Crippen molar-refractivity contribution in [1.82, 2.24) is 9.97 Å². The summed E-state index contributed by atoms with van der Waals surface area (Å²) < 4.78 is 5.78. The number of nitrogens with zero attached hydrogens (tertiary/aromatic N) is 2. The Morgan fingerprint density at radius 1 is 1.10 bits per heavy atom. The van der Waals surface area contributed by atoms with E-state index in [4.69, 9.17) is 16.3 Å². The second-order valence-electron chi connectivity index (χ2n) is 6.07. The molecule has 0 saturated carbocycles. The molecule has 0 aliphatic rings. The Kier molecular flexibility index (Phi) is 4.84. The molecule has 2 aromatic rings. The van der Waals surface area contributed by atoms with Gasteiger partial charge in [0, 0.05) is 12.5 Å². The molecule has 4 heteroatoms. The van der Waals surface area contributed by atoms with E-state index in [0.717, 1.165) is 18.6 Å². The number of aryl methyl sites for hydroxylation is 1. The molecule has 21 heavy (non-hydrogen) atoms. The van der Waals surface area contributed by atoms with E-state index in [1.807, 2.05) is 12.1 Å². The van der Waals surface area contributed by atoms with Gasteiger partial charge >= 0.3 is 0 Å². The van der Waals surface area contributed by atoms with Crippen LogP contribution in [-0.4, -0.2) is 9.97 Å². The van der Waals surface area contributed by atoms with Crippen molar-refractivity contribution in [2.75, 3.05) is 0 Å². The lowest BCUT2D eigenvalue weighted by molar-refractivity contribution is 0.457. The van der Waals surface area contributed by atoms with Gasteiger partial charge in [0.2, 0.25) is 5.88 Å². The number of hydrogen-bond acceptors (Lipinski definition) is 3. The van der Waals surface area contributed by atoms with Gasteiger partial charge in [0.25, 0.3) is 0 Å². The number of hydrogen-bond donors (Lipinski definition) is 0. The molecule has 0 bridgehead atoms. The molecule has 0 aliphatic heterocycles. The minimum Gasteiger partial charge on any atom is -0.439 e. The van der Waals surface area contributed by atoms with Gasteiger partial charge in [-0.25, -0.2) is 4.98 Å². The lowest BCUT2D eigenvalue weighted by atomic mass is 9.87. The van der Waals surface area contributed by atoms with Gasteiger partial charge in [0.15, 0.2) is 0 Å². The minimum atomic E-state index is 0.130. The topological polar surface area (TPSA) is 35.0 Å². The molecular weight excluding hydrogens is 284 g/mol. The summed E-state index contributed by atoms with van der Waals surface area (Å²) in [7, 11) is 0. The van der Waals surface area contributed by atoms with Crippen molar-refractivity contribution in [2.45, 2.75) is 46.0 Å². The molecule has 0 saturated heterocycles. The second-order valence-corrected chi connectivity index (χ2v) is 6.46. The first-order chi connectivity index (χ1) is 9.88. The number of ether oxygens (including phenoxy) is 1. The third kappa shape index (κ3) is 4.43. The lowest BCUT2D eigenvalue weighted by Gasteiger charge is -2.19. The molecule has 1 heterocycles. The fourth-order valence-electron chi connectivity index (χ4n) is 1.97. The summed E-state index contributed by atoms with van der Waals surface area (Å²) in [5.41, 5.74) is 1.40. The van der Waals surface area contributed by atoms with Gasteiger partial charge in [-0.15, -0.1) is 0 Å². The van der Waals surface area contributed by atoms with E-state index in [9.17, 15) is 0 Å². The Balaban J connectivity index is 2.18. The quantitative estimate of drug-likeness (QED) is 0.731. The minimum absolute atomic E-state index is 0.130. The second kappa shape index (κ2) is 6.44. The van der Waals surface area contributed by atoms with E-state index in [-0.39, 0.29) is 5.41 Å². The summed E-state index contributed by atoms with van der Waals surface area (Å²) in [6.45, 7) is 8.63. The molecule has 0 spiro atoms. The molecule has 2 rings (SSSR count). The number of rotatable bonds is 4. The van der Waals surface area contributed by atoms with Crippen LogP contribution >= 0.6 is 11.6 Å². The van der Waals surface area contributed by atoms with Crippen molar-refractivity contribution in [3.05, 3.63) is 46.9 Å². The van der Waals surface area contributed by atoms with Crippen molar-refractivity contribution < 1.29 is 4.74 Å². The molecule has 0 atom stereocenters. The van der Waals surface area contributed by atoms with Crippen LogP contribution in [0.5, 0.6) is 11.6 Å². The Labute approximate surface area is 131 Å². The Bertz CT molecular complexity index is 603. The Morgan fingerprint density at radius 3 is 2.33 bits per heavy atom. The van der Waals surface area contributed by atoms with Crippen molar-refractivity contribution in [3.8, 4) is 11.6 Å². The standard InChI is InChI=1S/C17H21ClN2O/c1-5-6-15-19-14(18)11-16(20-15)21-13-9-7-12(8-10-13)17(2,3)4/h7-11H,5-6H2,1-4H3. The molecule has 3 nitrogen and oxygen atoms in total. The zero-order valence-corrected chi connectivity index (χ0v) is 13.7. The first-order valence-electron chi connectivity index (χ1n) is 7.20. The molecule has 0 aliphatic carbocycles. The van der Waals surface area contributed by atoms with Crippen LogP contribution in [0.3, 0.4) is 0 Å². The first kappa shape index (κ1) is 15.8. The summed E-state index contributed by atoms with van der Waals surface area (Å²) in [4.78, 5) is 8.56. The zero-order valence-electron chi connectivity index (χ0n) is 13.0. The molecule has 0 radical (unpaired) electrons. The van der Waals surface area contributed by atoms with Crippen molar-refractivity contribution in [1.29, 1.82) is 0 Å². The third-order valence-electron chi connectivity index (χ3n) is 3.13. The fourth-order valence-corrected chi connectivity index (χ4v) is 2.16. The summed E-state index contributed by atoms with van der Waals surface area (Å²) in [6.07, 6.45) is 1.76. The summed E-state index contributed by atoms with van der Waals surface area (Å²) in [6, 6.07) is 9.70. The van der Waals surface area contributed by atoms with E-state index in [1.165, 1.54) is 5.56 Å². The maximum atomic E-state index is 6.01. The molecule has 0 amide bonds. The van der Waals surface area contributed by atoms with Crippen LogP contribution < -0.4 is 4.74 Å². The first-order valence-corrected chi connectivity index (χ1v) is 7.58. The van der Waals surface area contributed by atoms with Gasteiger partial charge in [-0.05, 0) is 29.5 Å². The number of halogens is 1. The average molecular weight is 305 g/mol. The van der Waals surface area contributed by atoms with E-state index in [1.54, 1.807) is 6.07 Å². The van der Waals surface area contributed by atoms with Crippen molar-refractivity contribution in [3.63, 3.8) is 0 Å². The van der Waals surface area contributed by atoms with Gasteiger partial charge in [-0.1, -0.05) is 51.4 Å². The van der Waals surface area contributed by atoms with E-state index in [0.29, 0.717) is 16.9 Å². The van der Waals surface area contributed by atoms with Crippen LogP contribution in [0.4, 0.5) is 0 Å². The summed E-state index contributed by atoms with van der Waals surface area (Å²) in [5.74, 6) is 1.95. The highest BCUT2D eigenvalue weighted by Crippen LogP contribution is 2.27. The van der Waals surface area contributed by atoms with Crippen molar-refractivity contribution in [2.24, 2.45) is 0 Å². The van der Waals surface area contributed by atoms with Crippen LogP contribution in [-0.2, 0) is 11.8 Å².